The average molecular weight is 490 g/mol. The fraction of sp³-hybridized carbons (Fsp3) is 0.111. The maximum absolute atomic E-state index is 14.0. The SMILES string of the molecule is COC(=O)C1=C(C(=O)OC)N(S(=O)(=O)c2ccccc2)C(c2ccccc2)C=C1c1ccccc1. The van der Waals surface area contributed by atoms with Crippen molar-refractivity contribution in [2.75, 3.05) is 14.2 Å². The topological polar surface area (TPSA) is 90.0 Å². The molecular formula is C27H23NO6S. The molecule has 0 N–H and O–H groups in total. The number of carbonyl (C=O) groups is 2. The molecule has 8 heteroatoms. The first-order valence-electron chi connectivity index (χ1n) is 10.7. The van der Waals surface area contributed by atoms with Crippen LogP contribution in [0.2, 0.25) is 0 Å². The van der Waals surface area contributed by atoms with E-state index in [9.17, 15) is 18.0 Å². The summed E-state index contributed by atoms with van der Waals surface area (Å²) < 4.78 is 39.0. The van der Waals surface area contributed by atoms with Gasteiger partial charge in [-0.15, -0.1) is 0 Å². The zero-order chi connectivity index (χ0) is 25.0. The summed E-state index contributed by atoms with van der Waals surface area (Å²) >= 11 is 0. The van der Waals surface area contributed by atoms with Gasteiger partial charge in [0.05, 0.1) is 30.7 Å². The Morgan fingerprint density at radius 1 is 0.743 bits per heavy atom. The lowest BCUT2D eigenvalue weighted by molar-refractivity contribution is -0.140. The minimum absolute atomic E-state index is 0.0388. The number of benzene rings is 3. The van der Waals surface area contributed by atoms with Crippen LogP contribution in [0, 0.1) is 0 Å². The number of sulfonamides is 1. The summed E-state index contributed by atoms with van der Waals surface area (Å²) in [5.74, 6) is -1.84. The third kappa shape index (κ3) is 4.48. The van der Waals surface area contributed by atoms with Gasteiger partial charge < -0.3 is 9.47 Å². The summed E-state index contributed by atoms with van der Waals surface area (Å²) in [5.41, 5.74) is 0.972. The Morgan fingerprint density at radius 3 is 1.80 bits per heavy atom. The number of carbonyl (C=O) groups excluding carboxylic acids is 2. The molecule has 1 aliphatic heterocycles. The Morgan fingerprint density at radius 2 is 1.26 bits per heavy atom. The highest BCUT2D eigenvalue weighted by molar-refractivity contribution is 7.89. The summed E-state index contributed by atoms with van der Waals surface area (Å²) in [7, 11) is -2.01. The van der Waals surface area contributed by atoms with Crippen molar-refractivity contribution in [3.05, 3.63) is 119 Å². The molecule has 4 rings (SSSR count). The van der Waals surface area contributed by atoms with Gasteiger partial charge in [-0.1, -0.05) is 78.9 Å². The van der Waals surface area contributed by atoms with Crippen LogP contribution in [0.25, 0.3) is 5.57 Å². The van der Waals surface area contributed by atoms with Crippen molar-refractivity contribution in [2.45, 2.75) is 10.9 Å². The molecule has 0 spiro atoms. The molecule has 0 aliphatic carbocycles. The fourth-order valence-corrected chi connectivity index (χ4v) is 5.61. The zero-order valence-corrected chi connectivity index (χ0v) is 19.9. The quantitative estimate of drug-likeness (QED) is 0.484. The van der Waals surface area contributed by atoms with Gasteiger partial charge in [-0.05, 0) is 34.9 Å². The van der Waals surface area contributed by atoms with Crippen molar-refractivity contribution < 1.29 is 27.5 Å². The average Bonchev–Trinajstić information content (AvgIpc) is 2.92. The van der Waals surface area contributed by atoms with Crippen LogP contribution < -0.4 is 0 Å². The van der Waals surface area contributed by atoms with E-state index in [-0.39, 0.29) is 10.5 Å². The molecule has 0 bridgehead atoms. The van der Waals surface area contributed by atoms with Gasteiger partial charge in [-0.3, -0.25) is 0 Å². The van der Waals surface area contributed by atoms with E-state index in [2.05, 4.69) is 0 Å². The molecule has 3 aromatic rings. The maximum atomic E-state index is 14.0. The van der Waals surface area contributed by atoms with Crippen LogP contribution in [0.4, 0.5) is 0 Å². The molecule has 0 saturated heterocycles. The predicted octanol–water partition coefficient (Wildman–Crippen LogP) is 4.12. The number of methoxy groups -OCH3 is 2. The first kappa shape index (κ1) is 24.0. The predicted molar refractivity (Wildman–Crippen MR) is 130 cm³/mol. The monoisotopic (exact) mass is 489 g/mol. The molecule has 178 valence electrons. The molecule has 1 unspecified atom stereocenters. The number of nitrogens with zero attached hydrogens (tertiary/aromatic N) is 1. The van der Waals surface area contributed by atoms with Crippen LogP contribution in [-0.4, -0.2) is 38.9 Å². The highest BCUT2D eigenvalue weighted by Gasteiger charge is 2.44. The largest absolute Gasteiger partial charge is 0.465 e. The molecule has 7 nitrogen and oxygen atoms in total. The Hall–Kier alpha value is -4.17. The van der Waals surface area contributed by atoms with E-state index in [1.165, 1.54) is 19.2 Å². The molecule has 0 amide bonds. The molecule has 1 aliphatic rings. The summed E-state index contributed by atoms with van der Waals surface area (Å²) in [6, 6.07) is 24.6. The zero-order valence-electron chi connectivity index (χ0n) is 19.1. The van der Waals surface area contributed by atoms with E-state index < -0.39 is 33.7 Å². The third-order valence-electron chi connectivity index (χ3n) is 5.60. The van der Waals surface area contributed by atoms with Crippen LogP contribution in [0.3, 0.4) is 0 Å². The van der Waals surface area contributed by atoms with Crippen LogP contribution in [0.15, 0.2) is 113 Å². The molecule has 0 fully saturated rings. The van der Waals surface area contributed by atoms with E-state index in [4.69, 9.17) is 9.47 Å². The van der Waals surface area contributed by atoms with Gasteiger partial charge in [0.25, 0.3) is 10.0 Å². The van der Waals surface area contributed by atoms with Crippen molar-refractivity contribution in [2.24, 2.45) is 0 Å². The van der Waals surface area contributed by atoms with E-state index in [0.717, 1.165) is 11.4 Å². The summed E-state index contributed by atoms with van der Waals surface area (Å²) in [5, 5.41) is 0. The summed E-state index contributed by atoms with van der Waals surface area (Å²) in [4.78, 5) is 26.3. The summed E-state index contributed by atoms with van der Waals surface area (Å²) in [6.45, 7) is 0. The van der Waals surface area contributed by atoms with Crippen molar-refractivity contribution >= 4 is 27.5 Å². The van der Waals surface area contributed by atoms with Crippen molar-refractivity contribution in [3.63, 3.8) is 0 Å². The molecular weight excluding hydrogens is 466 g/mol. The Kier molecular flexibility index (Phi) is 6.84. The van der Waals surface area contributed by atoms with Crippen LogP contribution in [-0.2, 0) is 29.1 Å². The number of hydrogen-bond donors (Lipinski definition) is 0. The molecule has 3 aromatic carbocycles. The number of hydrogen-bond acceptors (Lipinski definition) is 6. The Balaban J connectivity index is 2.10. The highest BCUT2D eigenvalue weighted by Crippen LogP contribution is 2.43. The third-order valence-corrected chi connectivity index (χ3v) is 7.39. The molecule has 0 radical (unpaired) electrons. The minimum atomic E-state index is -4.32. The van der Waals surface area contributed by atoms with Crippen LogP contribution >= 0.6 is 0 Å². The number of rotatable bonds is 6. The fourth-order valence-electron chi connectivity index (χ4n) is 4.00. The van der Waals surface area contributed by atoms with Crippen molar-refractivity contribution in [1.82, 2.24) is 4.31 Å². The molecule has 35 heavy (non-hydrogen) atoms. The van der Waals surface area contributed by atoms with Crippen molar-refractivity contribution in [1.29, 1.82) is 0 Å². The van der Waals surface area contributed by atoms with Gasteiger partial charge in [0.15, 0.2) is 5.70 Å². The van der Waals surface area contributed by atoms with Crippen molar-refractivity contribution in [3.8, 4) is 0 Å². The summed E-state index contributed by atoms with van der Waals surface area (Å²) in [6.07, 6.45) is 1.66. The first-order chi connectivity index (χ1) is 16.9. The smallest absolute Gasteiger partial charge is 0.356 e. The normalized spacial score (nSPS) is 15.9. The maximum Gasteiger partial charge on any atom is 0.356 e. The van der Waals surface area contributed by atoms with Gasteiger partial charge in [0.1, 0.15) is 0 Å². The lowest BCUT2D eigenvalue weighted by Gasteiger charge is -2.37. The molecule has 1 atom stereocenters. The van der Waals surface area contributed by atoms with Gasteiger partial charge in [-0.25, -0.2) is 22.3 Å². The lowest BCUT2D eigenvalue weighted by atomic mass is 9.89. The number of ether oxygens (including phenoxy) is 2. The van der Waals surface area contributed by atoms with Gasteiger partial charge in [-0.2, -0.15) is 0 Å². The molecule has 0 saturated carbocycles. The minimum Gasteiger partial charge on any atom is -0.465 e. The first-order valence-corrected chi connectivity index (χ1v) is 12.2. The molecule has 1 heterocycles. The van der Waals surface area contributed by atoms with E-state index in [1.54, 1.807) is 78.9 Å². The van der Waals surface area contributed by atoms with Gasteiger partial charge >= 0.3 is 11.9 Å². The second-order valence-corrected chi connectivity index (χ2v) is 9.44. The van der Waals surface area contributed by atoms with Crippen LogP contribution in [0.1, 0.15) is 17.2 Å². The van der Waals surface area contributed by atoms with E-state index in [1.807, 2.05) is 6.07 Å². The van der Waals surface area contributed by atoms with Gasteiger partial charge in [0.2, 0.25) is 0 Å². The lowest BCUT2D eigenvalue weighted by Crippen LogP contribution is -2.41. The van der Waals surface area contributed by atoms with E-state index >= 15 is 0 Å². The highest BCUT2D eigenvalue weighted by atomic mass is 32.2. The Bertz CT molecular complexity index is 1400. The second-order valence-electron chi connectivity index (χ2n) is 7.62. The number of esters is 2. The van der Waals surface area contributed by atoms with Crippen LogP contribution in [0.5, 0.6) is 0 Å². The van der Waals surface area contributed by atoms with Gasteiger partial charge in [0, 0.05) is 0 Å². The molecule has 0 aromatic heterocycles. The van der Waals surface area contributed by atoms with E-state index in [0.29, 0.717) is 16.7 Å². The second kappa shape index (κ2) is 9.99. The Labute approximate surface area is 204 Å². The standard InChI is InChI=1S/C27H23NO6S/c1-33-26(29)24-22(19-12-6-3-7-13-19)18-23(20-14-8-4-9-15-20)28(25(24)27(30)34-2)35(31,32)21-16-10-5-11-17-21/h3-18,23H,1-2H3.